The molecule has 0 amide bonds. The van der Waals surface area contributed by atoms with Crippen molar-refractivity contribution in [2.75, 3.05) is 0 Å². The molecule has 0 unspecified atom stereocenters. The lowest BCUT2D eigenvalue weighted by Gasteiger charge is -2.21. The van der Waals surface area contributed by atoms with Crippen molar-refractivity contribution in [2.45, 2.75) is 26.7 Å². The number of carboxylic acid groups (broad SMARTS) is 1. The van der Waals surface area contributed by atoms with Crippen molar-refractivity contribution in [3.05, 3.63) is 36.2 Å². The molecule has 1 N–H and O–H groups in total. The highest BCUT2D eigenvalue weighted by atomic mass is 16.4. The summed E-state index contributed by atoms with van der Waals surface area (Å²) in [6.07, 6.45) is 0.691. The molecule has 2 rings (SSSR count). The van der Waals surface area contributed by atoms with Crippen molar-refractivity contribution in [2.24, 2.45) is 12.5 Å². The third kappa shape index (κ3) is 3.44. The molecule has 0 aliphatic heterocycles. The van der Waals surface area contributed by atoms with Gasteiger partial charge in [0.15, 0.2) is 5.82 Å². The molecule has 0 spiro atoms. The maximum atomic E-state index is 10.9. The monoisotopic (exact) mass is 273 g/mol. The van der Waals surface area contributed by atoms with Gasteiger partial charge in [0.05, 0.1) is 6.42 Å². The van der Waals surface area contributed by atoms with E-state index in [0.29, 0.717) is 12.2 Å². The van der Waals surface area contributed by atoms with Crippen LogP contribution in [0.1, 0.15) is 26.1 Å². The Balaban J connectivity index is 2.22. The predicted octanol–water partition coefficient (Wildman–Crippen LogP) is 2.53. The van der Waals surface area contributed by atoms with Gasteiger partial charge in [-0.1, -0.05) is 44.2 Å². The summed E-state index contributed by atoms with van der Waals surface area (Å²) in [5, 5.41) is 13.3. The summed E-state index contributed by atoms with van der Waals surface area (Å²) < 4.78 is 1.73. The van der Waals surface area contributed by atoms with Gasteiger partial charge in [-0.2, -0.15) is 5.10 Å². The van der Waals surface area contributed by atoms with Gasteiger partial charge in [-0.3, -0.25) is 9.48 Å². The van der Waals surface area contributed by atoms with Gasteiger partial charge in [0, 0.05) is 19.0 Å². The Morgan fingerprint density at radius 2 is 1.95 bits per heavy atom. The van der Waals surface area contributed by atoms with E-state index in [1.54, 1.807) is 4.68 Å². The van der Waals surface area contributed by atoms with Crippen LogP contribution in [0, 0.1) is 5.41 Å². The summed E-state index contributed by atoms with van der Waals surface area (Å²) >= 11 is 0. The van der Waals surface area contributed by atoms with E-state index < -0.39 is 5.97 Å². The number of aromatic nitrogens is 3. The minimum Gasteiger partial charge on any atom is -0.481 e. The Morgan fingerprint density at radius 1 is 1.30 bits per heavy atom. The Bertz CT molecular complexity index is 603. The maximum absolute atomic E-state index is 10.9. The smallest absolute Gasteiger partial charge is 0.303 e. The highest BCUT2D eigenvalue weighted by molar-refractivity contribution is 5.67. The first-order chi connectivity index (χ1) is 9.37. The minimum absolute atomic E-state index is 0.112. The number of carbonyl (C=O) groups is 1. The normalized spacial score (nSPS) is 11.6. The summed E-state index contributed by atoms with van der Waals surface area (Å²) in [5.74, 6) is 0.685. The highest BCUT2D eigenvalue weighted by Gasteiger charge is 2.25. The minimum atomic E-state index is -0.791. The van der Waals surface area contributed by atoms with E-state index >= 15 is 0 Å². The molecule has 0 aliphatic carbocycles. The topological polar surface area (TPSA) is 68.0 Å². The second-order valence-electron chi connectivity index (χ2n) is 5.75. The molecule has 0 fully saturated rings. The van der Waals surface area contributed by atoms with Crippen molar-refractivity contribution >= 4 is 5.97 Å². The molecule has 0 bridgehead atoms. The second-order valence-corrected chi connectivity index (χ2v) is 5.75. The van der Waals surface area contributed by atoms with Crippen LogP contribution in [-0.4, -0.2) is 25.8 Å². The zero-order valence-electron chi connectivity index (χ0n) is 12.0. The van der Waals surface area contributed by atoms with Crippen LogP contribution in [0.3, 0.4) is 0 Å². The average Bonchev–Trinajstić information content (AvgIpc) is 2.69. The van der Waals surface area contributed by atoms with E-state index in [2.05, 4.69) is 10.1 Å². The quantitative estimate of drug-likeness (QED) is 0.909. The van der Waals surface area contributed by atoms with Crippen molar-refractivity contribution in [3.8, 4) is 11.4 Å². The van der Waals surface area contributed by atoms with E-state index in [1.165, 1.54) is 0 Å². The van der Waals surface area contributed by atoms with Crippen LogP contribution in [-0.2, 0) is 18.3 Å². The van der Waals surface area contributed by atoms with Crippen LogP contribution >= 0.6 is 0 Å². The zero-order valence-corrected chi connectivity index (χ0v) is 12.0. The average molecular weight is 273 g/mol. The molecule has 20 heavy (non-hydrogen) atoms. The van der Waals surface area contributed by atoms with E-state index in [1.807, 2.05) is 51.2 Å². The Labute approximate surface area is 118 Å². The van der Waals surface area contributed by atoms with Gasteiger partial charge >= 0.3 is 5.97 Å². The maximum Gasteiger partial charge on any atom is 0.303 e. The molecule has 0 radical (unpaired) electrons. The Kier molecular flexibility index (Phi) is 3.88. The molecule has 0 saturated heterocycles. The first-order valence-electron chi connectivity index (χ1n) is 6.54. The predicted molar refractivity (Wildman–Crippen MR) is 76.2 cm³/mol. The summed E-state index contributed by atoms with van der Waals surface area (Å²) in [5.41, 5.74) is 0.617. The van der Waals surface area contributed by atoms with E-state index in [9.17, 15) is 4.79 Å². The van der Waals surface area contributed by atoms with Crippen LogP contribution in [0.15, 0.2) is 30.3 Å². The van der Waals surface area contributed by atoms with Gasteiger partial charge in [-0.15, -0.1) is 0 Å². The highest BCUT2D eigenvalue weighted by Crippen LogP contribution is 2.26. The fourth-order valence-electron chi connectivity index (χ4n) is 2.18. The Morgan fingerprint density at radius 3 is 2.55 bits per heavy atom. The Hall–Kier alpha value is -2.17. The van der Waals surface area contributed by atoms with E-state index in [4.69, 9.17) is 5.11 Å². The SMILES string of the molecule is Cn1nc(-c2ccccc2)nc1CC(C)(C)CC(=O)O. The third-order valence-electron chi connectivity index (χ3n) is 3.15. The van der Waals surface area contributed by atoms with Crippen molar-refractivity contribution in [1.82, 2.24) is 14.8 Å². The van der Waals surface area contributed by atoms with Crippen LogP contribution in [0.5, 0.6) is 0 Å². The molecule has 1 aromatic carbocycles. The fourth-order valence-corrected chi connectivity index (χ4v) is 2.18. The molecular formula is C15H19N3O2. The number of benzene rings is 1. The van der Waals surface area contributed by atoms with Crippen LogP contribution in [0.25, 0.3) is 11.4 Å². The van der Waals surface area contributed by atoms with Crippen LogP contribution in [0.4, 0.5) is 0 Å². The molecule has 5 heteroatoms. The number of aryl methyl sites for hydroxylation is 1. The number of aliphatic carboxylic acids is 1. The van der Waals surface area contributed by atoms with Crippen molar-refractivity contribution in [3.63, 3.8) is 0 Å². The number of hydrogen-bond donors (Lipinski definition) is 1. The van der Waals surface area contributed by atoms with Crippen molar-refractivity contribution in [1.29, 1.82) is 0 Å². The number of rotatable bonds is 5. The standard InChI is InChI=1S/C15H19N3O2/c1-15(2,10-13(19)20)9-12-16-14(17-18(12)3)11-7-5-4-6-8-11/h4-8H,9-10H2,1-3H3,(H,19,20). The molecule has 2 aromatic rings. The molecule has 1 heterocycles. The zero-order chi connectivity index (χ0) is 14.8. The molecule has 0 saturated carbocycles. The van der Waals surface area contributed by atoms with Gasteiger partial charge in [-0.25, -0.2) is 4.98 Å². The van der Waals surface area contributed by atoms with Crippen LogP contribution in [0.2, 0.25) is 0 Å². The lowest BCUT2D eigenvalue weighted by Crippen LogP contribution is -2.21. The van der Waals surface area contributed by atoms with Gasteiger partial charge in [-0.05, 0) is 5.41 Å². The molecule has 1 aromatic heterocycles. The molecule has 106 valence electrons. The van der Waals surface area contributed by atoms with E-state index in [-0.39, 0.29) is 11.8 Å². The van der Waals surface area contributed by atoms with E-state index in [0.717, 1.165) is 11.4 Å². The number of hydrogen-bond acceptors (Lipinski definition) is 3. The molecule has 0 atom stereocenters. The molecule has 0 aliphatic rings. The molecular weight excluding hydrogens is 254 g/mol. The fraction of sp³-hybridized carbons (Fsp3) is 0.400. The number of carboxylic acids is 1. The lowest BCUT2D eigenvalue weighted by molar-refractivity contribution is -0.139. The largest absolute Gasteiger partial charge is 0.481 e. The van der Waals surface area contributed by atoms with Gasteiger partial charge in [0.2, 0.25) is 0 Å². The van der Waals surface area contributed by atoms with Crippen LogP contribution < -0.4 is 0 Å². The van der Waals surface area contributed by atoms with Crippen molar-refractivity contribution < 1.29 is 9.90 Å². The summed E-state index contributed by atoms with van der Waals surface area (Å²) in [6.45, 7) is 3.86. The second kappa shape index (κ2) is 5.45. The van der Waals surface area contributed by atoms with Gasteiger partial charge in [0.1, 0.15) is 5.82 Å². The first-order valence-corrected chi connectivity index (χ1v) is 6.54. The summed E-state index contributed by atoms with van der Waals surface area (Å²) in [4.78, 5) is 15.4. The first kappa shape index (κ1) is 14.2. The summed E-state index contributed by atoms with van der Waals surface area (Å²) in [6, 6.07) is 9.76. The number of nitrogens with zero attached hydrogens (tertiary/aromatic N) is 3. The molecule has 5 nitrogen and oxygen atoms in total. The van der Waals surface area contributed by atoms with Gasteiger partial charge in [0.25, 0.3) is 0 Å². The van der Waals surface area contributed by atoms with Gasteiger partial charge < -0.3 is 5.11 Å². The lowest BCUT2D eigenvalue weighted by atomic mass is 9.85. The summed E-state index contributed by atoms with van der Waals surface area (Å²) in [7, 11) is 1.84. The third-order valence-corrected chi connectivity index (χ3v) is 3.15.